The number of Topliss-reactive ketones (excluding diaryl/α,β-unsaturated/α-hetero) is 1. The van der Waals surface area contributed by atoms with Crippen LogP contribution in [0.2, 0.25) is 5.02 Å². The summed E-state index contributed by atoms with van der Waals surface area (Å²) in [6, 6.07) is 13.8. The number of allylic oxidation sites excluding steroid dienone is 1. The van der Waals surface area contributed by atoms with Gasteiger partial charge in [0.15, 0.2) is 11.5 Å². The van der Waals surface area contributed by atoms with Crippen molar-refractivity contribution >= 4 is 23.5 Å². The lowest BCUT2D eigenvalue weighted by Gasteiger charge is -2.03. The van der Waals surface area contributed by atoms with Crippen molar-refractivity contribution in [1.29, 1.82) is 5.26 Å². The van der Waals surface area contributed by atoms with Gasteiger partial charge in [0.1, 0.15) is 11.6 Å². The minimum Gasteiger partial charge on any atom is -0.454 e. The van der Waals surface area contributed by atoms with Gasteiger partial charge >= 0.3 is 0 Å². The van der Waals surface area contributed by atoms with Gasteiger partial charge in [-0.15, -0.1) is 0 Å². The van der Waals surface area contributed by atoms with Gasteiger partial charge in [-0.1, -0.05) is 41.9 Å². The Morgan fingerprint density at radius 3 is 2.55 bits per heavy atom. The summed E-state index contributed by atoms with van der Waals surface area (Å²) in [5.41, 5.74) is 0.992. The molecular formula is C17H10ClNO3. The number of benzene rings is 2. The van der Waals surface area contributed by atoms with Gasteiger partial charge in [-0.3, -0.25) is 4.79 Å². The van der Waals surface area contributed by atoms with Gasteiger partial charge in [-0.25, -0.2) is 0 Å². The van der Waals surface area contributed by atoms with Crippen molar-refractivity contribution in [2.75, 3.05) is 6.79 Å². The highest BCUT2D eigenvalue weighted by atomic mass is 35.5. The number of nitrogens with zero attached hydrogens (tertiary/aromatic N) is 1. The zero-order valence-corrected chi connectivity index (χ0v) is 12.1. The van der Waals surface area contributed by atoms with Crippen LogP contribution in [0.5, 0.6) is 11.5 Å². The van der Waals surface area contributed by atoms with Crippen molar-refractivity contribution in [3.05, 3.63) is 64.2 Å². The molecule has 0 radical (unpaired) electrons. The number of nitriles is 1. The third-order valence-corrected chi connectivity index (χ3v) is 3.52. The number of hydrogen-bond donors (Lipinski definition) is 0. The van der Waals surface area contributed by atoms with Gasteiger partial charge in [0.25, 0.3) is 0 Å². The lowest BCUT2D eigenvalue weighted by molar-refractivity contribution is 0.104. The largest absolute Gasteiger partial charge is 0.454 e. The molecule has 1 heterocycles. The van der Waals surface area contributed by atoms with Crippen LogP contribution in [0.1, 0.15) is 15.9 Å². The number of halogens is 1. The molecule has 2 aromatic rings. The van der Waals surface area contributed by atoms with Crippen molar-refractivity contribution in [3.8, 4) is 17.6 Å². The van der Waals surface area contributed by atoms with E-state index in [1.54, 1.807) is 42.5 Å². The Morgan fingerprint density at radius 2 is 1.86 bits per heavy atom. The smallest absolute Gasteiger partial charge is 0.231 e. The molecule has 0 saturated carbocycles. The number of fused-ring (bicyclic) bond motifs is 1. The normalized spacial score (nSPS) is 12.8. The molecule has 0 atom stereocenters. The fourth-order valence-corrected chi connectivity index (χ4v) is 2.30. The van der Waals surface area contributed by atoms with Crippen molar-refractivity contribution in [3.63, 3.8) is 0 Å². The Hall–Kier alpha value is -2.77. The molecule has 5 heteroatoms. The molecule has 0 N–H and O–H groups in total. The summed E-state index contributed by atoms with van der Waals surface area (Å²) >= 11 is 6.16. The summed E-state index contributed by atoms with van der Waals surface area (Å²) in [6.45, 7) is 0.132. The number of hydrogen-bond acceptors (Lipinski definition) is 4. The zero-order chi connectivity index (χ0) is 15.5. The average molecular weight is 312 g/mol. The van der Waals surface area contributed by atoms with Crippen LogP contribution in [0.25, 0.3) is 6.08 Å². The molecule has 0 unspecified atom stereocenters. The van der Waals surface area contributed by atoms with E-state index in [4.69, 9.17) is 21.1 Å². The van der Waals surface area contributed by atoms with E-state index < -0.39 is 0 Å². The van der Waals surface area contributed by atoms with Crippen LogP contribution in [0.15, 0.2) is 48.0 Å². The molecule has 0 saturated heterocycles. The highest BCUT2D eigenvalue weighted by Crippen LogP contribution is 2.37. The third-order valence-electron chi connectivity index (χ3n) is 3.19. The Bertz CT molecular complexity index is 807. The summed E-state index contributed by atoms with van der Waals surface area (Å²) in [6.07, 6.45) is 1.46. The van der Waals surface area contributed by atoms with E-state index in [9.17, 15) is 10.1 Å². The molecular weight excluding hydrogens is 302 g/mol. The topological polar surface area (TPSA) is 59.3 Å². The van der Waals surface area contributed by atoms with E-state index in [1.807, 2.05) is 6.07 Å². The van der Waals surface area contributed by atoms with Crippen LogP contribution in [0.4, 0.5) is 0 Å². The van der Waals surface area contributed by atoms with E-state index in [-0.39, 0.29) is 18.1 Å². The van der Waals surface area contributed by atoms with Crippen molar-refractivity contribution in [1.82, 2.24) is 0 Å². The Balaban J connectivity index is 1.99. The first-order chi connectivity index (χ1) is 10.7. The number of ether oxygens (including phenoxy) is 2. The van der Waals surface area contributed by atoms with Crippen molar-refractivity contribution in [2.24, 2.45) is 0 Å². The number of ketones is 1. The molecule has 0 spiro atoms. The highest BCUT2D eigenvalue weighted by Gasteiger charge is 2.17. The third kappa shape index (κ3) is 2.67. The lowest BCUT2D eigenvalue weighted by atomic mass is 10.0. The molecule has 3 rings (SSSR count). The zero-order valence-electron chi connectivity index (χ0n) is 11.4. The first kappa shape index (κ1) is 14.2. The van der Waals surface area contributed by atoms with Gasteiger partial charge in [-0.05, 0) is 17.7 Å². The van der Waals surface area contributed by atoms with E-state index in [2.05, 4.69) is 0 Å². The molecule has 4 nitrogen and oxygen atoms in total. The SMILES string of the molecule is N#C/C(=C\c1cc2c(cc1Cl)OCO2)C(=O)c1ccccc1. The van der Waals surface area contributed by atoms with E-state index >= 15 is 0 Å². The van der Waals surface area contributed by atoms with Crippen LogP contribution in [0, 0.1) is 11.3 Å². The lowest BCUT2D eigenvalue weighted by Crippen LogP contribution is -2.01. The predicted molar refractivity (Wildman–Crippen MR) is 81.9 cm³/mol. The van der Waals surface area contributed by atoms with E-state index in [0.29, 0.717) is 27.6 Å². The van der Waals surface area contributed by atoms with Crippen LogP contribution in [0.3, 0.4) is 0 Å². The molecule has 0 fully saturated rings. The molecule has 1 aliphatic heterocycles. The van der Waals surface area contributed by atoms with Gasteiger partial charge < -0.3 is 9.47 Å². The standard InChI is InChI=1S/C17H10ClNO3/c18-14-8-16-15(21-10-22-16)7-12(14)6-13(9-19)17(20)11-4-2-1-3-5-11/h1-8H,10H2/b13-6+. The summed E-state index contributed by atoms with van der Waals surface area (Å²) in [4.78, 5) is 12.3. The molecule has 0 amide bonds. The monoisotopic (exact) mass is 311 g/mol. The fourth-order valence-electron chi connectivity index (χ4n) is 2.09. The molecule has 0 aromatic heterocycles. The highest BCUT2D eigenvalue weighted by molar-refractivity contribution is 6.32. The maximum atomic E-state index is 12.3. The number of carbonyl (C=O) groups is 1. The summed E-state index contributed by atoms with van der Waals surface area (Å²) in [5, 5.41) is 9.65. The average Bonchev–Trinajstić information content (AvgIpc) is 2.99. The second-order valence-electron chi connectivity index (χ2n) is 4.59. The quantitative estimate of drug-likeness (QED) is 0.490. The molecule has 108 valence electrons. The predicted octanol–water partition coefficient (Wildman–Crippen LogP) is 3.86. The van der Waals surface area contributed by atoms with Gasteiger partial charge in [0.2, 0.25) is 12.6 Å². The van der Waals surface area contributed by atoms with Crippen LogP contribution in [-0.4, -0.2) is 12.6 Å². The first-order valence-corrected chi connectivity index (χ1v) is 6.87. The van der Waals surface area contributed by atoms with Crippen LogP contribution >= 0.6 is 11.6 Å². The van der Waals surface area contributed by atoms with Gasteiger partial charge in [0, 0.05) is 11.6 Å². The Morgan fingerprint density at radius 1 is 1.18 bits per heavy atom. The van der Waals surface area contributed by atoms with E-state index in [1.165, 1.54) is 6.08 Å². The minimum atomic E-state index is -0.350. The summed E-state index contributed by atoms with van der Waals surface area (Å²) in [7, 11) is 0. The fraction of sp³-hybridized carbons (Fsp3) is 0.0588. The van der Waals surface area contributed by atoms with Crippen LogP contribution < -0.4 is 9.47 Å². The molecule has 22 heavy (non-hydrogen) atoms. The Kier molecular flexibility index (Phi) is 3.82. The van der Waals surface area contributed by atoms with Crippen molar-refractivity contribution in [2.45, 2.75) is 0 Å². The maximum absolute atomic E-state index is 12.3. The molecule has 0 aliphatic carbocycles. The Labute approximate surface area is 132 Å². The van der Waals surface area contributed by atoms with Crippen molar-refractivity contribution < 1.29 is 14.3 Å². The first-order valence-electron chi connectivity index (χ1n) is 6.50. The summed E-state index contributed by atoms with van der Waals surface area (Å²) < 4.78 is 10.5. The second-order valence-corrected chi connectivity index (χ2v) is 5.00. The summed E-state index contributed by atoms with van der Waals surface area (Å²) in [5.74, 6) is 0.743. The number of rotatable bonds is 3. The van der Waals surface area contributed by atoms with E-state index in [0.717, 1.165) is 0 Å². The second kappa shape index (κ2) is 5.92. The molecule has 1 aliphatic rings. The number of carbonyl (C=O) groups excluding carboxylic acids is 1. The maximum Gasteiger partial charge on any atom is 0.231 e. The van der Waals surface area contributed by atoms with Gasteiger partial charge in [0.05, 0.1) is 5.02 Å². The molecule has 2 aromatic carbocycles. The van der Waals surface area contributed by atoms with Gasteiger partial charge in [-0.2, -0.15) is 5.26 Å². The molecule has 0 bridgehead atoms. The minimum absolute atomic E-state index is 0.00645. The van der Waals surface area contributed by atoms with Crippen LogP contribution in [-0.2, 0) is 0 Å².